The van der Waals surface area contributed by atoms with E-state index in [1.54, 1.807) is 18.9 Å². The van der Waals surface area contributed by atoms with Crippen LogP contribution < -0.4 is 10.1 Å². The SMILES string of the molecule is CCSC1=NCC(c2ccc(OC)c(Cl)c2)=C(c2ccccc2)N1. The van der Waals surface area contributed by atoms with E-state index in [0.717, 1.165) is 33.3 Å². The van der Waals surface area contributed by atoms with Crippen molar-refractivity contribution in [2.45, 2.75) is 6.92 Å². The van der Waals surface area contributed by atoms with Crippen LogP contribution in [-0.4, -0.2) is 24.6 Å². The minimum absolute atomic E-state index is 0.604. The van der Waals surface area contributed by atoms with Crippen LogP contribution in [-0.2, 0) is 0 Å². The van der Waals surface area contributed by atoms with Crippen LogP contribution in [0.3, 0.4) is 0 Å². The maximum Gasteiger partial charge on any atom is 0.161 e. The summed E-state index contributed by atoms with van der Waals surface area (Å²) in [7, 11) is 1.62. The van der Waals surface area contributed by atoms with Gasteiger partial charge in [-0.1, -0.05) is 66.7 Å². The molecule has 0 aliphatic carbocycles. The van der Waals surface area contributed by atoms with E-state index in [4.69, 9.17) is 16.3 Å². The molecule has 0 aromatic heterocycles. The van der Waals surface area contributed by atoms with Gasteiger partial charge in [-0.2, -0.15) is 0 Å². The van der Waals surface area contributed by atoms with E-state index in [-0.39, 0.29) is 0 Å². The summed E-state index contributed by atoms with van der Waals surface area (Å²) < 4.78 is 5.25. The number of ether oxygens (including phenoxy) is 1. The number of nitrogens with one attached hydrogen (secondary N) is 1. The summed E-state index contributed by atoms with van der Waals surface area (Å²) in [4.78, 5) is 4.66. The average Bonchev–Trinajstić information content (AvgIpc) is 2.62. The molecule has 0 atom stereocenters. The molecule has 1 aliphatic heterocycles. The molecule has 2 aromatic carbocycles. The molecular weight excluding hydrogens is 340 g/mol. The molecule has 124 valence electrons. The summed E-state index contributed by atoms with van der Waals surface area (Å²) in [6, 6.07) is 16.2. The fourth-order valence-corrected chi connectivity index (χ4v) is 3.47. The van der Waals surface area contributed by atoms with E-state index in [9.17, 15) is 0 Å². The van der Waals surface area contributed by atoms with Crippen LogP contribution in [0, 0.1) is 0 Å². The van der Waals surface area contributed by atoms with Gasteiger partial charge in [0.15, 0.2) is 5.17 Å². The number of amidine groups is 1. The standard InChI is InChI=1S/C19H19ClN2OS/c1-3-24-19-21-12-15(14-9-10-17(23-2)16(20)11-14)18(22-19)13-7-5-4-6-8-13/h4-11H,3,12H2,1-2H3,(H,21,22). The highest BCUT2D eigenvalue weighted by molar-refractivity contribution is 8.13. The molecule has 0 radical (unpaired) electrons. The number of hydrogen-bond acceptors (Lipinski definition) is 4. The molecule has 0 amide bonds. The first kappa shape index (κ1) is 16.9. The van der Waals surface area contributed by atoms with Crippen molar-refractivity contribution in [1.29, 1.82) is 0 Å². The summed E-state index contributed by atoms with van der Waals surface area (Å²) in [5.74, 6) is 1.66. The fourth-order valence-electron chi connectivity index (χ4n) is 2.61. The highest BCUT2D eigenvalue weighted by Gasteiger charge is 2.18. The zero-order valence-corrected chi connectivity index (χ0v) is 15.2. The third-order valence-electron chi connectivity index (χ3n) is 3.76. The second-order valence-corrected chi connectivity index (χ2v) is 6.91. The number of aliphatic imine (C=N–C) groups is 1. The molecular formula is C19H19ClN2OS. The highest BCUT2D eigenvalue weighted by Crippen LogP contribution is 2.33. The van der Waals surface area contributed by atoms with Gasteiger partial charge in [0.1, 0.15) is 5.75 Å². The highest BCUT2D eigenvalue weighted by atomic mass is 35.5. The van der Waals surface area contributed by atoms with E-state index in [1.165, 1.54) is 0 Å². The monoisotopic (exact) mass is 358 g/mol. The molecule has 1 aliphatic rings. The van der Waals surface area contributed by atoms with Crippen LogP contribution in [0.25, 0.3) is 11.3 Å². The van der Waals surface area contributed by atoms with Crippen molar-refractivity contribution < 1.29 is 4.74 Å². The number of methoxy groups -OCH3 is 1. The van der Waals surface area contributed by atoms with Gasteiger partial charge in [0.25, 0.3) is 0 Å². The lowest BCUT2D eigenvalue weighted by Crippen LogP contribution is -2.25. The Kier molecular flexibility index (Phi) is 5.48. The molecule has 3 rings (SSSR count). The van der Waals surface area contributed by atoms with Crippen LogP contribution in [0.1, 0.15) is 18.1 Å². The third-order valence-corrected chi connectivity index (χ3v) is 4.85. The van der Waals surface area contributed by atoms with Crippen LogP contribution in [0.5, 0.6) is 5.75 Å². The number of halogens is 1. The second-order valence-electron chi connectivity index (χ2n) is 5.25. The topological polar surface area (TPSA) is 33.6 Å². The first-order valence-electron chi connectivity index (χ1n) is 7.79. The Morgan fingerprint density at radius 3 is 2.62 bits per heavy atom. The normalized spacial score (nSPS) is 14.2. The Balaban J connectivity index is 2.05. The lowest BCUT2D eigenvalue weighted by Gasteiger charge is -2.22. The van der Waals surface area contributed by atoms with Crippen LogP contribution >= 0.6 is 23.4 Å². The van der Waals surface area contributed by atoms with Crippen molar-refractivity contribution in [3.8, 4) is 5.75 Å². The number of benzene rings is 2. The molecule has 5 heteroatoms. The maximum absolute atomic E-state index is 6.31. The Labute approximate surface area is 151 Å². The lowest BCUT2D eigenvalue weighted by atomic mass is 9.98. The number of nitrogens with zero attached hydrogens (tertiary/aromatic N) is 1. The quantitative estimate of drug-likeness (QED) is 0.841. The molecule has 0 bridgehead atoms. The lowest BCUT2D eigenvalue weighted by molar-refractivity contribution is 0.415. The van der Waals surface area contributed by atoms with Gasteiger partial charge >= 0.3 is 0 Å². The van der Waals surface area contributed by atoms with Gasteiger partial charge in [-0.25, -0.2) is 0 Å². The first-order valence-corrected chi connectivity index (χ1v) is 9.16. The van der Waals surface area contributed by atoms with Gasteiger partial charge in [-0.3, -0.25) is 4.99 Å². The van der Waals surface area contributed by atoms with Gasteiger partial charge in [-0.15, -0.1) is 0 Å². The molecule has 3 nitrogen and oxygen atoms in total. The van der Waals surface area contributed by atoms with Crippen molar-refractivity contribution in [3.63, 3.8) is 0 Å². The van der Waals surface area contributed by atoms with E-state index in [1.807, 2.05) is 36.4 Å². The van der Waals surface area contributed by atoms with Gasteiger partial charge in [0, 0.05) is 5.57 Å². The van der Waals surface area contributed by atoms with Crippen molar-refractivity contribution in [2.75, 3.05) is 19.4 Å². The minimum Gasteiger partial charge on any atom is -0.495 e. The summed E-state index contributed by atoms with van der Waals surface area (Å²) >= 11 is 8.03. The molecule has 0 saturated heterocycles. The van der Waals surface area contributed by atoms with E-state index in [0.29, 0.717) is 17.3 Å². The Hall–Kier alpha value is -1.91. The van der Waals surface area contributed by atoms with E-state index >= 15 is 0 Å². The largest absolute Gasteiger partial charge is 0.495 e. The molecule has 0 fully saturated rings. The van der Waals surface area contributed by atoms with Gasteiger partial charge in [0.05, 0.1) is 24.4 Å². The van der Waals surface area contributed by atoms with Crippen molar-refractivity contribution in [1.82, 2.24) is 5.32 Å². The number of thioether (sulfide) groups is 1. The van der Waals surface area contributed by atoms with Crippen molar-refractivity contribution >= 4 is 39.8 Å². The van der Waals surface area contributed by atoms with Crippen LogP contribution in [0.4, 0.5) is 0 Å². The molecule has 1 heterocycles. The van der Waals surface area contributed by atoms with Gasteiger partial charge in [0.2, 0.25) is 0 Å². The van der Waals surface area contributed by atoms with Gasteiger partial charge in [-0.05, 0) is 29.0 Å². The fraction of sp³-hybridized carbons (Fsp3) is 0.211. The molecule has 0 saturated carbocycles. The number of rotatable bonds is 4. The third kappa shape index (κ3) is 3.60. The Morgan fingerprint density at radius 2 is 1.96 bits per heavy atom. The predicted octanol–water partition coefficient (Wildman–Crippen LogP) is 4.93. The van der Waals surface area contributed by atoms with E-state index < -0.39 is 0 Å². The molecule has 0 spiro atoms. The van der Waals surface area contributed by atoms with E-state index in [2.05, 4.69) is 29.4 Å². The summed E-state index contributed by atoms with van der Waals surface area (Å²) in [5.41, 5.74) is 4.41. The average molecular weight is 359 g/mol. The minimum atomic E-state index is 0.604. The van der Waals surface area contributed by atoms with Gasteiger partial charge < -0.3 is 10.1 Å². The summed E-state index contributed by atoms with van der Waals surface area (Å²) in [6.07, 6.45) is 0. The molecule has 1 N–H and O–H groups in total. The maximum atomic E-state index is 6.31. The predicted molar refractivity (Wildman–Crippen MR) is 105 cm³/mol. The van der Waals surface area contributed by atoms with Crippen LogP contribution in [0.2, 0.25) is 5.02 Å². The van der Waals surface area contributed by atoms with Crippen molar-refractivity contribution in [3.05, 3.63) is 64.7 Å². The summed E-state index contributed by atoms with van der Waals surface area (Å²) in [5, 5.41) is 5.05. The van der Waals surface area contributed by atoms with Crippen LogP contribution in [0.15, 0.2) is 53.5 Å². The number of hydrogen-bond donors (Lipinski definition) is 1. The second kappa shape index (κ2) is 7.77. The molecule has 0 unspecified atom stereocenters. The zero-order valence-electron chi connectivity index (χ0n) is 13.7. The Bertz CT molecular complexity index is 787. The Morgan fingerprint density at radius 1 is 1.17 bits per heavy atom. The smallest absolute Gasteiger partial charge is 0.161 e. The first-order chi connectivity index (χ1) is 11.7. The summed E-state index contributed by atoms with van der Waals surface area (Å²) in [6.45, 7) is 2.75. The zero-order chi connectivity index (χ0) is 16.9. The molecule has 24 heavy (non-hydrogen) atoms. The van der Waals surface area contributed by atoms with Crippen molar-refractivity contribution in [2.24, 2.45) is 4.99 Å². The molecule has 2 aromatic rings.